The lowest BCUT2D eigenvalue weighted by Gasteiger charge is -2.27. The van der Waals surface area contributed by atoms with Crippen molar-refractivity contribution in [1.29, 1.82) is 5.26 Å². The van der Waals surface area contributed by atoms with Gasteiger partial charge in [-0.2, -0.15) is 25.4 Å². The van der Waals surface area contributed by atoms with Crippen molar-refractivity contribution in [2.45, 2.75) is 58.0 Å². The lowest BCUT2D eigenvalue weighted by atomic mass is 9.85. The standard InChI is InChI=1S/C25H28N8O/c1-16-14-18(8-9-19(16)25(2,3)33-28-12-13-29-33)30-23-22-21(10-11-27-24(22)34)32(31-23)20-7-5-4-6-17(20)15-26/h8-14,17,20H,4-7H2,1-3H3,(H,27,34)(H,30,31). The van der Waals surface area contributed by atoms with Crippen LogP contribution in [-0.4, -0.2) is 29.8 Å². The van der Waals surface area contributed by atoms with Crippen molar-refractivity contribution in [3.63, 3.8) is 0 Å². The molecule has 0 radical (unpaired) electrons. The summed E-state index contributed by atoms with van der Waals surface area (Å²) in [5, 5.41) is 27.0. The Morgan fingerprint density at radius 3 is 2.68 bits per heavy atom. The Hall–Kier alpha value is -3.93. The summed E-state index contributed by atoms with van der Waals surface area (Å²) in [6.45, 7) is 6.20. The molecule has 1 fully saturated rings. The zero-order valence-corrected chi connectivity index (χ0v) is 19.6. The van der Waals surface area contributed by atoms with Crippen LogP contribution in [0.5, 0.6) is 0 Å². The fraction of sp³-hybridized carbons (Fsp3) is 0.400. The third-order valence-electron chi connectivity index (χ3n) is 6.91. The monoisotopic (exact) mass is 456 g/mol. The zero-order valence-electron chi connectivity index (χ0n) is 19.6. The maximum Gasteiger partial charge on any atom is 0.261 e. The first-order valence-electron chi connectivity index (χ1n) is 11.6. The number of hydrogen-bond acceptors (Lipinski definition) is 6. The number of nitrogens with one attached hydrogen (secondary N) is 2. The van der Waals surface area contributed by atoms with Crippen LogP contribution >= 0.6 is 0 Å². The number of benzene rings is 1. The first kappa shape index (κ1) is 21.9. The van der Waals surface area contributed by atoms with Crippen LogP contribution in [0, 0.1) is 24.2 Å². The normalized spacial score (nSPS) is 18.6. The van der Waals surface area contributed by atoms with E-state index in [1.165, 1.54) is 0 Å². The molecule has 2 unspecified atom stereocenters. The average molecular weight is 457 g/mol. The van der Waals surface area contributed by atoms with Crippen LogP contribution in [0.25, 0.3) is 10.9 Å². The first-order valence-corrected chi connectivity index (χ1v) is 11.6. The molecular formula is C25H28N8O. The molecule has 174 valence electrons. The van der Waals surface area contributed by atoms with Crippen LogP contribution in [0.15, 0.2) is 47.7 Å². The van der Waals surface area contributed by atoms with Gasteiger partial charge < -0.3 is 10.3 Å². The number of aromatic amines is 1. The fourth-order valence-corrected chi connectivity index (χ4v) is 5.17. The van der Waals surface area contributed by atoms with Gasteiger partial charge in [0.05, 0.1) is 35.9 Å². The van der Waals surface area contributed by atoms with Crippen molar-refractivity contribution in [3.8, 4) is 6.07 Å². The number of pyridine rings is 1. The van der Waals surface area contributed by atoms with Gasteiger partial charge in [0.15, 0.2) is 5.82 Å². The lowest BCUT2D eigenvalue weighted by Crippen LogP contribution is -2.30. The van der Waals surface area contributed by atoms with E-state index in [0.29, 0.717) is 11.2 Å². The van der Waals surface area contributed by atoms with Gasteiger partial charge in [-0.25, -0.2) is 0 Å². The van der Waals surface area contributed by atoms with E-state index in [1.54, 1.807) is 23.4 Å². The molecule has 0 spiro atoms. The lowest BCUT2D eigenvalue weighted by molar-refractivity contribution is 0.277. The highest BCUT2D eigenvalue weighted by Gasteiger charge is 2.30. The molecule has 0 bridgehead atoms. The molecule has 2 atom stereocenters. The predicted octanol–water partition coefficient (Wildman–Crippen LogP) is 4.41. The molecule has 0 saturated heterocycles. The molecule has 5 rings (SSSR count). The molecule has 1 aliphatic carbocycles. The largest absolute Gasteiger partial charge is 0.338 e. The maximum atomic E-state index is 12.8. The van der Waals surface area contributed by atoms with Crippen molar-refractivity contribution < 1.29 is 0 Å². The van der Waals surface area contributed by atoms with Gasteiger partial charge in [-0.3, -0.25) is 9.48 Å². The number of hydrogen-bond donors (Lipinski definition) is 2. The molecule has 0 aliphatic heterocycles. The van der Waals surface area contributed by atoms with E-state index < -0.39 is 5.54 Å². The van der Waals surface area contributed by atoms with Crippen LogP contribution in [0.3, 0.4) is 0 Å². The Bertz CT molecular complexity index is 1420. The summed E-state index contributed by atoms with van der Waals surface area (Å²) in [6.07, 6.45) is 8.83. The van der Waals surface area contributed by atoms with Crippen LogP contribution in [0.1, 0.15) is 56.7 Å². The minimum absolute atomic E-state index is 0.0370. The van der Waals surface area contributed by atoms with Crippen molar-refractivity contribution in [3.05, 3.63) is 64.3 Å². The summed E-state index contributed by atoms with van der Waals surface area (Å²) in [5.74, 6) is 0.392. The van der Waals surface area contributed by atoms with Crippen LogP contribution in [0.2, 0.25) is 0 Å². The predicted molar refractivity (Wildman–Crippen MR) is 130 cm³/mol. The molecule has 1 aromatic carbocycles. The second-order valence-corrected chi connectivity index (χ2v) is 9.48. The second kappa shape index (κ2) is 8.45. The van der Waals surface area contributed by atoms with Crippen LogP contribution < -0.4 is 10.9 Å². The number of nitriles is 1. The van der Waals surface area contributed by atoms with Gasteiger partial charge in [-0.05, 0) is 62.9 Å². The summed E-state index contributed by atoms with van der Waals surface area (Å²) in [4.78, 5) is 17.3. The molecule has 1 saturated carbocycles. The highest BCUT2D eigenvalue weighted by Crippen LogP contribution is 2.37. The molecule has 0 amide bonds. The van der Waals surface area contributed by atoms with Gasteiger partial charge in [0.2, 0.25) is 0 Å². The minimum Gasteiger partial charge on any atom is -0.338 e. The summed E-state index contributed by atoms with van der Waals surface area (Å²) >= 11 is 0. The highest BCUT2D eigenvalue weighted by atomic mass is 16.1. The molecule has 9 nitrogen and oxygen atoms in total. The SMILES string of the molecule is Cc1cc(Nc2nn(C3CCCCC3C#N)c3cc[nH]c(=O)c23)ccc1C(C)(C)n1nccn1. The number of nitrogens with zero attached hydrogens (tertiary/aromatic N) is 6. The van der Waals surface area contributed by atoms with E-state index >= 15 is 0 Å². The minimum atomic E-state index is -0.412. The third kappa shape index (κ3) is 3.65. The summed E-state index contributed by atoms with van der Waals surface area (Å²) in [6, 6.07) is 10.4. The third-order valence-corrected chi connectivity index (χ3v) is 6.91. The van der Waals surface area contributed by atoms with Crippen LogP contribution in [-0.2, 0) is 5.54 Å². The van der Waals surface area contributed by atoms with Crippen molar-refractivity contribution in [1.82, 2.24) is 29.8 Å². The molecule has 3 heterocycles. The van der Waals surface area contributed by atoms with E-state index in [9.17, 15) is 10.1 Å². The van der Waals surface area contributed by atoms with Crippen LogP contribution in [0.4, 0.5) is 11.5 Å². The van der Waals surface area contributed by atoms with Crippen molar-refractivity contribution in [2.75, 3.05) is 5.32 Å². The van der Waals surface area contributed by atoms with E-state index in [-0.39, 0.29) is 17.5 Å². The fourth-order valence-electron chi connectivity index (χ4n) is 5.17. The average Bonchev–Trinajstić information content (AvgIpc) is 3.49. The molecule has 2 N–H and O–H groups in total. The highest BCUT2D eigenvalue weighted by molar-refractivity contribution is 5.91. The number of rotatable bonds is 5. The molecule has 1 aliphatic rings. The Morgan fingerprint density at radius 2 is 1.94 bits per heavy atom. The van der Waals surface area contributed by atoms with Gasteiger partial charge in [0.25, 0.3) is 5.56 Å². The Morgan fingerprint density at radius 1 is 1.18 bits per heavy atom. The molecule has 9 heteroatoms. The number of anilines is 2. The van der Waals surface area contributed by atoms with Gasteiger partial charge in [0, 0.05) is 11.9 Å². The van der Waals surface area contributed by atoms with E-state index in [1.807, 2.05) is 22.9 Å². The van der Waals surface area contributed by atoms with E-state index in [4.69, 9.17) is 5.10 Å². The quantitative estimate of drug-likeness (QED) is 0.459. The molecular weight excluding hydrogens is 428 g/mol. The molecule has 4 aromatic rings. The topological polar surface area (TPSA) is 117 Å². The smallest absolute Gasteiger partial charge is 0.261 e. The maximum absolute atomic E-state index is 12.8. The zero-order chi connectivity index (χ0) is 23.9. The summed E-state index contributed by atoms with van der Waals surface area (Å²) < 4.78 is 1.88. The number of fused-ring (bicyclic) bond motifs is 1. The number of aryl methyl sites for hydroxylation is 1. The van der Waals surface area contributed by atoms with Crippen molar-refractivity contribution in [2.24, 2.45) is 5.92 Å². The summed E-state index contributed by atoms with van der Waals surface area (Å²) in [7, 11) is 0. The Labute approximate surface area is 197 Å². The van der Waals surface area contributed by atoms with E-state index in [0.717, 1.165) is 48.0 Å². The second-order valence-electron chi connectivity index (χ2n) is 9.48. The number of H-pyrrole nitrogens is 1. The Balaban J connectivity index is 1.53. The van der Waals surface area contributed by atoms with Crippen molar-refractivity contribution >= 4 is 22.4 Å². The summed E-state index contributed by atoms with van der Waals surface area (Å²) in [5.41, 5.74) is 3.14. The van der Waals surface area contributed by atoms with Gasteiger partial charge in [-0.1, -0.05) is 18.9 Å². The van der Waals surface area contributed by atoms with Gasteiger partial charge >= 0.3 is 0 Å². The molecule has 34 heavy (non-hydrogen) atoms. The van der Waals surface area contributed by atoms with Gasteiger partial charge in [0.1, 0.15) is 10.9 Å². The van der Waals surface area contributed by atoms with E-state index in [2.05, 4.69) is 53.4 Å². The molecule has 3 aromatic heterocycles. The van der Waals surface area contributed by atoms with Gasteiger partial charge in [-0.15, -0.1) is 0 Å². The number of aromatic nitrogens is 6. The first-order chi connectivity index (χ1) is 16.4. The Kier molecular flexibility index (Phi) is 5.44.